The van der Waals surface area contributed by atoms with Crippen LogP contribution in [0.25, 0.3) is 10.9 Å². The third-order valence-corrected chi connectivity index (χ3v) is 6.98. The number of rotatable bonds is 5. The summed E-state index contributed by atoms with van der Waals surface area (Å²) in [6.45, 7) is 0. The van der Waals surface area contributed by atoms with Crippen molar-refractivity contribution in [1.29, 1.82) is 0 Å². The number of para-hydroxylation sites is 1. The molecule has 0 spiro atoms. The van der Waals surface area contributed by atoms with E-state index in [0.29, 0.717) is 11.3 Å². The van der Waals surface area contributed by atoms with E-state index in [2.05, 4.69) is 10.3 Å². The molecule has 0 saturated heterocycles. The molecule has 4 aromatic rings. The molecule has 0 bridgehead atoms. The van der Waals surface area contributed by atoms with Gasteiger partial charge >= 0.3 is 0 Å². The Morgan fingerprint density at radius 1 is 1.00 bits per heavy atom. The number of anilines is 2. The first-order chi connectivity index (χ1) is 15.3. The van der Waals surface area contributed by atoms with Crippen LogP contribution in [0, 0.1) is 5.82 Å². The van der Waals surface area contributed by atoms with Gasteiger partial charge in [-0.2, -0.15) is 0 Å². The van der Waals surface area contributed by atoms with Gasteiger partial charge in [0, 0.05) is 12.4 Å². The van der Waals surface area contributed by atoms with Crippen molar-refractivity contribution in [2.45, 2.75) is 4.90 Å². The van der Waals surface area contributed by atoms with Crippen LogP contribution in [0.15, 0.2) is 83.8 Å². The van der Waals surface area contributed by atoms with Gasteiger partial charge in [-0.05, 0) is 60.7 Å². The van der Waals surface area contributed by atoms with Crippen molar-refractivity contribution in [2.24, 2.45) is 0 Å². The lowest BCUT2D eigenvalue weighted by Crippen LogP contribution is -2.27. The number of amides is 1. The molecular weight excluding hydrogens is 453 g/mol. The minimum Gasteiger partial charge on any atom is -0.306 e. The van der Waals surface area contributed by atoms with Crippen LogP contribution in [0.1, 0.15) is 10.4 Å². The van der Waals surface area contributed by atoms with E-state index in [1.807, 2.05) is 30.3 Å². The van der Waals surface area contributed by atoms with Gasteiger partial charge in [0.1, 0.15) is 11.6 Å². The second-order valence-corrected chi connectivity index (χ2v) is 9.31. The normalized spacial score (nSPS) is 11.3. The van der Waals surface area contributed by atoms with Crippen molar-refractivity contribution < 1.29 is 17.6 Å². The third-order valence-electron chi connectivity index (χ3n) is 4.87. The molecule has 9 heteroatoms. The fraction of sp³-hybridized carbons (Fsp3) is 0.0435. The van der Waals surface area contributed by atoms with Crippen LogP contribution in [0.4, 0.5) is 15.9 Å². The highest BCUT2D eigenvalue weighted by Crippen LogP contribution is 2.26. The molecule has 0 fully saturated rings. The molecule has 1 amide bonds. The van der Waals surface area contributed by atoms with Crippen molar-refractivity contribution in [2.75, 3.05) is 16.7 Å². The van der Waals surface area contributed by atoms with Crippen LogP contribution in [-0.4, -0.2) is 26.4 Å². The van der Waals surface area contributed by atoms with E-state index in [4.69, 9.17) is 11.6 Å². The Morgan fingerprint density at radius 2 is 1.72 bits per heavy atom. The van der Waals surface area contributed by atoms with Crippen LogP contribution in [0.5, 0.6) is 0 Å². The molecule has 0 aliphatic rings. The lowest BCUT2D eigenvalue weighted by atomic mass is 10.2. The number of hydrogen-bond acceptors (Lipinski definition) is 4. The molecule has 4 rings (SSSR count). The predicted molar refractivity (Wildman–Crippen MR) is 123 cm³/mol. The quantitative estimate of drug-likeness (QED) is 0.440. The van der Waals surface area contributed by atoms with Gasteiger partial charge in [0.05, 0.1) is 26.7 Å². The molecule has 1 N–H and O–H groups in total. The van der Waals surface area contributed by atoms with Crippen LogP contribution in [0.2, 0.25) is 5.02 Å². The minimum atomic E-state index is -4.02. The number of nitrogens with zero attached hydrogens (tertiary/aromatic N) is 2. The highest BCUT2D eigenvalue weighted by atomic mass is 35.5. The van der Waals surface area contributed by atoms with E-state index < -0.39 is 21.7 Å². The number of fused-ring (bicyclic) bond motifs is 1. The maximum absolute atomic E-state index is 13.2. The molecular formula is C23H17ClFN3O3S. The summed E-state index contributed by atoms with van der Waals surface area (Å²) in [5.74, 6) is -0.770. The smallest absolute Gasteiger partial charge is 0.264 e. The van der Waals surface area contributed by atoms with Crippen LogP contribution < -0.4 is 9.62 Å². The van der Waals surface area contributed by atoms with Gasteiger partial charge in [-0.1, -0.05) is 29.8 Å². The van der Waals surface area contributed by atoms with E-state index in [-0.39, 0.29) is 21.2 Å². The summed E-state index contributed by atoms with van der Waals surface area (Å²) in [7, 11) is -2.68. The van der Waals surface area contributed by atoms with Crippen molar-refractivity contribution in [3.8, 4) is 0 Å². The van der Waals surface area contributed by atoms with E-state index in [1.165, 1.54) is 49.5 Å². The second-order valence-electron chi connectivity index (χ2n) is 6.93. The number of aromatic nitrogens is 1. The monoisotopic (exact) mass is 469 g/mol. The number of pyridine rings is 1. The maximum Gasteiger partial charge on any atom is 0.264 e. The summed E-state index contributed by atoms with van der Waals surface area (Å²) in [4.78, 5) is 17.1. The zero-order valence-corrected chi connectivity index (χ0v) is 18.4. The highest BCUT2D eigenvalue weighted by Gasteiger charge is 2.24. The standard InChI is InChI=1S/C23H17ClFN3O3S/c1-28(17-9-7-16(25)8-10-17)32(30,31)18-11-12-20(24)19(14-18)23(29)27-22-13-6-15-4-2-3-5-21(15)26-22/h2-14H,1H3,(H,26,27,29). The number of hydrogen-bond donors (Lipinski definition) is 1. The van der Waals surface area contributed by atoms with E-state index >= 15 is 0 Å². The molecule has 1 aromatic heterocycles. The van der Waals surface area contributed by atoms with Crippen LogP contribution >= 0.6 is 11.6 Å². The van der Waals surface area contributed by atoms with E-state index in [1.54, 1.807) is 6.07 Å². The number of carbonyl (C=O) groups excluding carboxylic acids is 1. The Labute approximate surface area is 189 Å². The molecule has 32 heavy (non-hydrogen) atoms. The summed E-state index contributed by atoms with van der Waals surface area (Å²) in [6, 6.07) is 19.8. The number of sulfonamides is 1. The minimum absolute atomic E-state index is 0.0183. The first-order valence-corrected chi connectivity index (χ1v) is 11.3. The summed E-state index contributed by atoms with van der Waals surface area (Å²) in [5, 5.41) is 3.66. The van der Waals surface area contributed by atoms with Crippen molar-refractivity contribution in [3.05, 3.63) is 95.3 Å². The second kappa shape index (κ2) is 8.57. The summed E-state index contributed by atoms with van der Waals surface area (Å²) < 4.78 is 40.3. The molecule has 3 aromatic carbocycles. The predicted octanol–water partition coefficient (Wildman–Crippen LogP) is 5.10. The number of halogens is 2. The largest absolute Gasteiger partial charge is 0.306 e. The van der Waals surface area contributed by atoms with Gasteiger partial charge < -0.3 is 5.32 Å². The number of benzene rings is 3. The lowest BCUT2D eigenvalue weighted by molar-refractivity contribution is 0.102. The maximum atomic E-state index is 13.2. The zero-order valence-electron chi connectivity index (χ0n) is 16.8. The molecule has 0 saturated carbocycles. The van der Waals surface area contributed by atoms with Gasteiger partial charge in [0.15, 0.2) is 0 Å². The Morgan fingerprint density at radius 3 is 2.47 bits per heavy atom. The molecule has 162 valence electrons. The molecule has 0 aliphatic carbocycles. The van der Waals surface area contributed by atoms with Crippen molar-refractivity contribution >= 4 is 49.9 Å². The van der Waals surface area contributed by atoms with Gasteiger partial charge in [-0.15, -0.1) is 0 Å². The molecule has 0 unspecified atom stereocenters. The lowest BCUT2D eigenvalue weighted by Gasteiger charge is -2.20. The van der Waals surface area contributed by atoms with Gasteiger partial charge in [-0.25, -0.2) is 17.8 Å². The molecule has 1 heterocycles. The summed E-state index contributed by atoms with van der Waals surface area (Å²) in [5.41, 5.74) is 0.955. The Kier molecular flexibility index (Phi) is 5.82. The number of carbonyl (C=O) groups is 1. The first-order valence-electron chi connectivity index (χ1n) is 9.47. The summed E-state index contributed by atoms with van der Waals surface area (Å²) >= 11 is 6.19. The Bertz CT molecular complexity index is 1430. The van der Waals surface area contributed by atoms with Gasteiger partial charge in [0.2, 0.25) is 0 Å². The SMILES string of the molecule is CN(c1ccc(F)cc1)S(=O)(=O)c1ccc(Cl)c(C(=O)Nc2ccc3ccccc3n2)c1. The van der Waals surface area contributed by atoms with Crippen molar-refractivity contribution in [1.82, 2.24) is 4.98 Å². The fourth-order valence-electron chi connectivity index (χ4n) is 3.11. The molecule has 0 aliphatic heterocycles. The first kappa shape index (κ1) is 21.7. The number of nitrogens with one attached hydrogen (secondary N) is 1. The van der Waals surface area contributed by atoms with Crippen LogP contribution in [-0.2, 0) is 10.0 Å². The highest BCUT2D eigenvalue weighted by molar-refractivity contribution is 7.92. The molecule has 6 nitrogen and oxygen atoms in total. The average molecular weight is 470 g/mol. The molecule has 0 atom stereocenters. The zero-order chi connectivity index (χ0) is 22.9. The topological polar surface area (TPSA) is 79.4 Å². The molecule has 0 radical (unpaired) electrons. The third kappa shape index (κ3) is 4.28. The Balaban J connectivity index is 1.63. The van der Waals surface area contributed by atoms with Gasteiger partial charge in [-0.3, -0.25) is 9.10 Å². The average Bonchev–Trinajstić information content (AvgIpc) is 2.79. The van der Waals surface area contributed by atoms with E-state index in [9.17, 15) is 17.6 Å². The van der Waals surface area contributed by atoms with E-state index in [0.717, 1.165) is 9.69 Å². The van der Waals surface area contributed by atoms with Crippen LogP contribution in [0.3, 0.4) is 0 Å². The van der Waals surface area contributed by atoms with Crippen molar-refractivity contribution in [3.63, 3.8) is 0 Å². The fourth-order valence-corrected chi connectivity index (χ4v) is 4.53. The summed E-state index contributed by atoms with van der Waals surface area (Å²) in [6.07, 6.45) is 0. The van der Waals surface area contributed by atoms with Gasteiger partial charge in [0.25, 0.3) is 15.9 Å². The Hall–Kier alpha value is -3.49.